The van der Waals surface area contributed by atoms with Crippen molar-refractivity contribution in [1.82, 2.24) is 10.3 Å². The molecule has 182 valence electrons. The molecule has 2 atom stereocenters. The summed E-state index contributed by atoms with van der Waals surface area (Å²) in [6.45, 7) is 3.55. The van der Waals surface area contributed by atoms with Crippen molar-refractivity contribution in [2.75, 3.05) is 17.7 Å². The quantitative estimate of drug-likeness (QED) is 0.371. The maximum Gasteiger partial charge on any atom is 0.407 e. The lowest BCUT2D eigenvalue weighted by Crippen LogP contribution is -2.30. The number of hydrogen-bond donors (Lipinski definition) is 3. The standard InChI is InChI=1S/C25H27N5O5/c1-16(6-5-11-26)35-25(32)28-17(2)18-7-4-8-19(12-18)29-24(31)30-20-9-10-21(22(13-20)33-3)23-14-27-15-34-23/h4,7-10,12-17H,5-6H2,1-3H3,(H,28,32)(H2,29,30,31)/t16-,17-/m0/s1. The third-order valence-corrected chi connectivity index (χ3v) is 5.11. The van der Waals surface area contributed by atoms with E-state index in [1.807, 2.05) is 19.1 Å². The van der Waals surface area contributed by atoms with Crippen LogP contribution in [0, 0.1) is 11.3 Å². The van der Waals surface area contributed by atoms with E-state index in [-0.39, 0.29) is 12.1 Å². The van der Waals surface area contributed by atoms with Crippen molar-refractivity contribution in [3.63, 3.8) is 0 Å². The Morgan fingerprint density at radius 2 is 1.91 bits per heavy atom. The molecule has 3 aromatic rings. The number of nitriles is 1. The number of methoxy groups -OCH3 is 1. The van der Waals surface area contributed by atoms with Crippen LogP contribution in [-0.4, -0.2) is 30.3 Å². The minimum Gasteiger partial charge on any atom is -0.496 e. The van der Waals surface area contributed by atoms with Gasteiger partial charge in [0.1, 0.15) is 11.9 Å². The van der Waals surface area contributed by atoms with E-state index in [4.69, 9.17) is 19.2 Å². The smallest absolute Gasteiger partial charge is 0.407 e. The Bertz CT molecular complexity index is 1190. The van der Waals surface area contributed by atoms with Crippen LogP contribution < -0.4 is 20.7 Å². The third kappa shape index (κ3) is 7.23. The molecule has 0 saturated heterocycles. The van der Waals surface area contributed by atoms with E-state index in [2.05, 4.69) is 20.9 Å². The summed E-state index contributed by atoms with van der Waals surface area (Å²) >= 11 is 0. The van der Waals surface area contributed by atoms with Gasteiger partial charge in [0.05, 0.1) is 31.0 Å². The molecule has 0 bridgehead atoms. The lowest BCUT2D eigenvalue weighted by molar-refractivity contribution is 0.100. The number of ether oxygens (including phenoxy) is 2. The van der Waals surface area contributed by atoms with Crippen LogP contribution in [0.2, 0.25) is 0 Å². The second kappa shape index (κ2) is 12.1. The van der Waals surface area contributed by atoms with Gasteiger partial charge in [-0.2, -0.15) is 5.26 Å². The number of carbonyl (C=O) groups is 2. The second-order valence-electron chi connectivity index (χ2n) is 7.76. The fourth-order valence-electron chi connectivity index (χ4n) is 3.30. The number of hydrogen-bond acceptors (Lipinski definition) is 7. The van der Waals surface area contributed by atoms with Gasteiger partial charge < -0.3 is 29.8 Å². The molecule has 3 N–H and O–H groups in total. The SMILES string of the molecule is COc1cc(NC(=O)Nc2cccc([C@H](C)NC(=O)O[C@@H](C)CCC#N)c2)ccc1-c1cnco1. The highest BCUT2D eigenvalue weighted by Crippen LogP contribution is 2.32. The van der Waals surface area contributed by atoms with Crippen LogP contribution in [0.25, 0.3) is 11.3 Å². The number of amides is 3. The van der Waals surface area contributed by atoms with Crippen molar-refractivity contribution in [2.24, 2.45) is 0 Å². The van der Waals surface area contributed by atoms with Crippen molar-refractivity contribution in [2.45, 2.75) is 38.8 Å². The topological polar surface area (TPSA) is 139 Å². The lowest BCUT2D eigenvalue weighted by Gasteiger charge is -2.18. The Morgan fingerprint density at radius 1 is 1.14 bits per heavy atom. The number of benzene rings is 2. The van der Waals surface area contributed by atoms with Crippen LogP contribution in [0.1, 0.15) is 38.3 Å². The Balaban J connectivity index is 1.58. The molecule has 2 aromatic carbocycles. The normalized spacial score (nSPS) is 12.1. The summed E-state index contributed by atoms with van der Waals surface area (Å²) in [7, 11) is 1.53. The molecule has 0 spiro atoms. The van der Waals surface area contributed by atoms with Gasteiger partial charge in [0, 0.05) is 23.9 Å². The Hall–Kier alpha value is -4.52. The number of nitrogens with one attached hydrogen (secondary N) is 3. The summed E-state index contributed by atoms with van der Waals surface area (Å²) in [5, 5.41) is 16.9. The van der Waals surface area contributed by atoms with Gasteiger partial charge in [-0.15, -0.1) is 0 Å². The van der Waals surface area contributed by atoms with E-state index in [1.165, 1.54) is 13.5 Å². The average molecular weight is 478 g/mol. The van der Waals surface area contributed by atoms with Crippen molar-refractivity contribution >= 4 is 23.5 Å². The predicted molar refractivity (Wildman–Crippen MR) is 130 cm³/mol. The maximum absolute atomic E-state index is 12.6. The average Bonchev–Trinajstić information content (AvgIpc) is 3.37. The summed E-state index contributed by atoms with van der Waals surface area (Å²) in [5.41, 5.74) is 2.57. The van der Waals surface area contributed by atoms with Gasteiger partial charge in [-0.3, -0.25) is 0 Å². The first-order valence-corrected chi connectivity index (χ1v) is 11.0. The van der Waals surface area contributed by atoms with Crippen molar-refractivity contribution < 1.29 is 23.5 Å². The first-order valence-electron chi connectivity index (χ1n) is 11.0. The molecule has 10 nitrogen and oxygen atoms in total. The van der Waals surface area contributed by atoms with Gasteiger partial charge in [0.15, 0.2) is 12.2 Å². The first kappa shape index (κ1) is 25.1. The summed E-state index contributed by atoms with van der Waals surface area (Å²) < 4.78 is 16.0. The summed E-state index contributed by atoms with van der Waals surface area (Å²) in [6, 6.07) is 13.5. The molecule has 0 aliphatic carbocycles. The van der Waals surface area contributed by atoms with Gasteiger partial charge in [-0.25, -0.2) is 14.6 Å². The molecule has 3 rings (SSSR count). The highest BCUT2D eigenvalue weighted by atomic mass is 16.6. The number of urea groups is 1. The number of rotatable bonds is 9. The minimum absolute atomic E-state index is 0.318. The molecule has 0 unspecified atom stereocenters. The van der Waals surface area contributed by atoms with Crippen molar-refractivity contribution in [1.29, 1.82) is 5.26 Å². The van der Waals surface area contributed by atoms with Gasteiger partial charge >= 0.3 is 12.1 Å². The minimum atomic E-state index is -0.568. The molecule has 0 aliphatic heterocycles. The fourth-order valence-corrected chi connectivity index (χ4v) is 3.30. The second-order valence-corrected chi connectivity index (χ2v) is 7.76. The van der Waals surface area contributed by atoms with Crippen molar-refractivity contribution in [3.8, 4) is 23.1 Å². The van der Waals surface area contributed by atoms with Crippen LogP contribution in [0.5, 0.6) is 5.75 Å². The molecule has 0 radical (unpaired) electrons. The molecule has 1 heterocycles. The fraction of sp³-hybridized carbons (Fsp3) is 0.280. The van der Waals surface area contributed by atoms with Gasteiger partial charge in [0.2, 0.25) is 0 Å². The number of carbonyl (C=O) groups excluding carboxylic acids is 2. The molecule has 1 aromatic heterocycles. The van der Waals surface area contributed by atoms with Crippen LogP contribution in [0.15, 0.2) is 59.5 Å². The zero-order valence-electron chi connectivity index (χ0n) is 19.7. The first-order chi connectivity index (χ1) is 16.9. The molecule has 0 fully saturated rings. The summed E-state index contributed by atoms with van der Waals surface area (Å²) in [4.78, 5) is 28.6. The predicted octanol–water partition coefficient (Wildman–Crippen LogP) is 5.47. The summed E-state index contributed by atoms with van der Waals surface area (Å²) in [6.07, 6.45) is 2.78. The van der Waals surface area contributed by atoms with Gasteiger partial charge in [0.25, 0.3) is 0 Å². The van der Waals surface area contributed by atoms with Gasteiger partial charge in [-0.05, 0) is 50.1 Å². The highest BCUT2D eigenvalue weighted by molar-refractivity contribution is 6.00. The zero-order chi connectivity index (χ0) is 25.2. The highest BCUT2D eigenvalue weighted by Gasteiger charge is 2.15. The maximum atomic E-state index is 12.6. The van der Waals surface area contributed by atoms with Gasteiger partial charge in [-0.1, -0.05) is 12.1 Å². The van der Waals surface area contributed by atoms with E-state index in [0.29, 0.717) is 41.3 Å². The molecular weight excluding hydrogens is 450 g/mol. The van der Waals surface area contributed by atoms with E-state index < -0.39 is 12.1 Å². The summed E-state index contributed by atoms with van der Waals surface area (Å²) in [5.74, 6) is 1.08. The van der Waals surface area contributed by atoms with E-state index >= 15 is 0 Å². The third-order valence-electron chi connectivity index (χ3n) is 5.11. The largest absolute Gasteiger partial charge is 0.496 e. The monoisotopic (exact) mass is 477 g/mol. The van der Waals surface area contributed by atoms with E-state index in [9.17, 15) is 9.59 Å². The molecule has 0 aliphatic rings. The van der Waals surface area contributed by atoms with Crippen LogP contribution in [-0.2, 0) is 4.74 Å². The Morgan fingerprint density at radius 3 is 2.60 bits per heavy atom. The molecular formula is C25H27N5O5. The molecule has 3 amide bonds. The number of oxazole rings is 1. The van der Waals surface area contributed by atoms with E-state index in [1.54, 1.807) is 49.5 Å². The van der Waals surface area contributed by atoms with Crippen LogP contribution >= 0.6 is 0 Å². The van der Waals surface area contributed by atoms with Crippen molar-refractivity contribution in [3.05, 3.63) is 60.6 Å². The molecule has 10 heteroatoms. The number of alkyl carbamates (subject to hydrolysis) is 1. The number of nitrogens with zero attached hydrogens (tertiary/aromatic N) is 2. The van der Waals surface area contributed by atoms with E-state index in [0.717, 1.165) is 5.56 Å². The van der Waals surface area contributed by atoms with Crippen LogP contribution in [0.4, 0.5) is 21.0 Å². The Kier molecular flexibility index (Phi) is 8.67. The van der Waals surface area contributed by atoms with Crippen LogP contribution in [0.3, 0.4) is 0 Å². The molecule has 35 heavy (non-hydrogen) atoms. The lowest BCUT2D eigenvalue weighted by atomic mass is 10.1. The number of anilines is 2. The molecule has 0 saturated carbocycles. The Labute approximate surface area is 203 Å². The zero-order valence-corrected chi connectivity index (χ0v) is 19.7. The number of aromatic nitrogens is 1.